The van der Waals surface area contributed by atoms with E-state index in [0.717, 1.165) is 0 Å². The number of rotatable bonds is 7. The van der Waals surface area contributed by atoms with E-state index >= 15 is 0 Å². The summed E-state index contributed by atoms with van der Waals surface area (Å²) >= 11 is 0. The summed E-state index contributed by atoms with van der Waals surface area (Å²) in [5, 5.41) is 26.5. The number of aryl methyl sites for hydroxylation is 1. The molecule has 2 N–H and O–H groups in total. The molecule has 14 nitrogen and oxygen atoms in total. The van der Waals surface area contributed by atoms with Crippen molar-refractivity contribution in [2.75, 3.05) is 23.8 Å². The van der Waals surface area contributed by atoms with E-state index in [4.69, 9.17) is 9.47 Å². The number of amides is 1. The minimum Gasteiger partial charge on any atom is -0.490 e. The largest absolute Gasteiger partial charge is 0.490 e. The van der Waals surface area contributed by atoms with Crippen molar-refractivity contribution in [3.05, 3.63) is 54.4 Å². The van der Waals surface area contributed by atoms with Crippen molar-refractivity contribution in [3.63, 3.8) is 0 Å². The smallest absolute Gasteiger partial charge is 0.387 e. The molecule has 194 valence electrons. The number of benzene rings is 1. The summed E-state index contributed by atoms with van der Waals surface area (Å²) < 4.78 is 40.2. The number of fused-ring (bicyclic) bond motifs is 2. The zero-order chi connectivity index (χ0) is 26.2. The van der Waals surface area contributed by atoms with E-state index in [1.165, 1.54) is 32.5 Å². The third kappa shape index (κ3) is 4.42. The predicted molar refractivity (Wildman–Crippen MR) is 127 cm³/mol. The number of aromatic nitrogens is 9. The Morgan fingerprint density at radius 2 is 2.21 bits per heavy atom. The number of hydrogen-bond donors (Lipinski definition) is 2. The van der Waals surface area contributed by atoms with Crippen LogP contribution in [0.25, 0.3) is 16.9 Å². The van der Waals surface area contributed by atoms with E-state index in [2.05, 4.69) is 41.2 Å². The molecule has 0 aliphatic carbocycles. The quantitative estimate of drug-likeness (QED) is 0.323. The molecule has 4 aromatic heterocycles. The second kappa shape index (κ2) is 9.38. The lowest BCUT2D eigenvalue weighted by atomic mass is 10.1. The maximum absolute atomic E-state index is 13.4. The Balaban J connectivity index is 1.44. The standard InChI is InChI=1S/C22H19F2N11O3/c1-33-30-18(29-32-33)11-34-10-15(28-21(36)13-9-27-35-5-2-3-26-20(13)35)19(31-34)12-7-17-14(25-4-6-37-17)8-16(12)38-22(23)24/h2-3,5,7-10,22,25H,4,6,11H2,1H3,(H,28,36). The molecule has 0 saturated carbocycles. The highest BCUT2D eigenvalue weighted by Crippen LogP contribution is 2.42. The summed E-state index contributed by atoms with van der Waals surface area (Å²) in [6.07, 6.45) is 6.12. The molecule has 0 radical (unpaired) electrons. The summed E-state index contributed by atoms with van der Waals surface area (Å²) in [7, 11) is 1.62. The molecule has 0 fully saturated rings. The monoisotopic (exact) mass is 523 g/mol. The number of tetrazole rings is 1. The summed E-state index contributed by atoms with van der Waals surface area (Å²) in [6, 6.07) is 4.64. The lowest BCUT2D eigenvalue weighted by Crippen LogP contribution is -2.18. The van der Waals surface area contributed by atoms with E-state index < -0.39 is 12.5 Å². The molecular formula is C22H19F2N11O3. The van der Waals surface area contributed by atoms with E-state index in [1.807, 2.05) is 0 Å². The van der Waals surface area contributed by atoms with Crippen LogP contribution in [0.5, 0.6) is 11.5 Å². The van der Waals surface area contributed by atoms with Crippen LogP contribution in [0, 0.1) is 0 Å². The maximum Gasteiger partial charge on any atom is 0.387 e. The Bertz CT molecular complexity index is 1640. The molecule has 0 unspecified atom stereocenters. The van der Waals surface area contributed by atoms with Crippen LogP contribution in [0.3, 0.4) is 0 Å². The SMILES string of the molecule is Cn1nnc(Cn2cc(NC(=O)c3cnn4cccnc34)c(-c3cc4c(cc3OC(F)F)NCCO4)n2)n1. The Kier molecular flexibility index (Phi) is 5.74. The molecule has 1 aromatic carbocycles. The number of nitrogens with zero attached hydrogens (tertiary/aromatic N) is 9. The van der Waals surface area contributed by atoms with Crippen molar-refractivity contribution < 1.29 is 23.0 Å². The molecule has 16 heteroatoms. The zero-order valence-corrected chi connectivity index (χ0v) is 19.7. The topological polar surface area (TPSA) is 151 Å². The molecule has 6 rings (SSSR count). The van der Waals surface area contributed by atoms with Gasteiger partial charge in [-0.3, -0.25) is 9.48 Å². The van der Waals surface area contributed by atoms with Gasteiger partial charge in [-0.2, -0.15) is 23.8 Å². The third-order valence-electron chi connectivity index (χ3n) is 5.62. The van der Waals surface area contributed by atoms with Gasteiger partial charge >= 0.3 is 6.61 Å². The van der Waals surface area contributed by atoms with E-state index in [-0.39, 0.29) is 34.8 Å². The van der Waals surface area contributed by atoms with Crippen LogP contribution < -0.4 is 20.1 Å². The number of halogens is 2. The molecule has 38 heavy (non-hydrogen) atoms. The summed E-state index contributed by atoms with van der Waals surface area (Å²) in [6.45, 7) is -2.09. The van der Waals surface area contributed by atoms with Gasteiger partial charge in [-0.05, 0) is 17.3 Å². The van der Waals surface area contributed by atoms with Crippen molar-refractivity contribution >= 4 is 22.9 Å². The van der Waals surface area contributed by atoms with Crippen LogP contribution >= 0.6 is 0 Å². The average molecular weight is 523 g/mol. The van der Waals surface area contributed by atoms with Crippen LogP contribution in [-0.2, 0) is 13.6 Å². The first-order chi connectivity index (χ1) is 18.4. The molecule has 0 bridgehead atoms. The number of nitrogens with one attached hydrogen (secondary N) is 2. The Morgan fingerprint density at radius 1 is 1.32 bits per heavy atom. The summed E-state index contributed by atoms with van der Waals surface area (Å²) in [5.41, 5.74) is 1.63. The minimum absolute atomic E-state index is 0.100. The molecule has 1 aliphatic heterocycles. The number of anilines is 2. The van der Waals surface area contributed by atoms with E-state index in [9.17, 15) is 13.6 Å². The second-order valence-electron chi connectivity index (χ2n) is 8.18. The van der Waals surface area contributed by atoms with Crippen LogP contribution in [0.2, 0.25) is 0 Å². The fourth-order valence-electron chi connectivity index (χ4n) is 4.04. The Hall–Kier alpha value is -5.15. The van der Waals surface area contributed by atoms with Crippen LogP contribution in [0.4, 0.5) is 20.2 Å². The lowest BCUT2D eigenvalue weighted by Gasteiger charge is -2.21. The van der Waals surface area contributed by atoms with Gasteiger partial charge in [-0.25, -0.2) is 9.50 Å². The number of alkyl halides is 2. The molecule has 5 heterocycles. The van der Waals surface area contributed by atoms with Crippen LogP contribution in [0.15, 0.2) is 43.0 Å². The Morgan fingerprint density at radius 3 is 3.03 bits per heavy atom. The fraction of sp³-hybridized carbons (Fsp3) is 0.227. The van der Waals surface area contributed by atoms with Crippen molar-refractivity contribution in [1.82, 2.24) is 44.6 Å². The number of hydrogen-bond acceptors (Lipinski definition) is 10. The van der Waals surface area contributed by atoms with Gasteiger partial charge in [0.15, 0.2) is 11.5 Å². The van der Waals surface area contributed by atoms with Crippen molar-refractivity contribution in [2.24, 2.45) is 7.05 Å². The first kappa shape index (κ1) is 23.3. The molecule has 0 saturated heterocycles. The van der Waals surface area contributed by atoms with Gasteiger partial charge in [0.05, 0.1) is 30.2 Å². The van der Waals surface area contributed by atoms with Crippen molar-refractivity contribution in [1.29, 1.82) is 0 Å². The van der Waals surface area contributed by atoms with Gasteiger partial charge in [-0.15, -0.1) is 10.2 Å². The zero-order valence-electron chi connectivity index (χ0n) is 19.7. The normalized spacial score (nSPS) is 12.7. The molecule has 0 spiro atoms. The number of carbonyl (C=O) groups is 1. The van der Waals surface area contributed by atoms with Gasteiger partial charge in [0.1, 0.15) is 35.9 Å². The fourth-order valence-corrected chi connectivity index (χ4v) is 4.04. The van der Waals surface area contributed by atoms with Gasteiger partial charge in [0.25, 0.3) is 5.91 Å². The number of carbonyl (C=O) groups excluding carboxylic acids is 1. The van der Waals surface area contributed by atoms with Crippen molar-refractivity contribution in [2.45, 2.75) is 13.2 Å². The first-order valence-electron chi connectivity index (χ1n) is 11.3. The maximum atomic E-state index is 13.4. The molecular weight excluding hydrogens is 504 g/mol. The van der Waals surface area contributed by atoms with Gasteiger partial charge in [0, 0.05) is 31.2 Å². The number of ether oxygens (including phenoxy) is 2. The van der Waals surface area contributed by atoms with Crippen LogP contribution in [0.1, 0.15) is 16.2 Å². The van der Waals surface area contributed by atoms with Crippen LogP contribution in [-0.4, -0.2) is 70.3 Å². The van der Waals surface area contributed by atoms with Gasteiger partial charge < -0.3 is 20.1 Å². The van der Waals surface area contributed by atoms with Crippen molar-refractivity contribution in [3.8, 4) is 22.8 Å². The summed E-state index contributed by atoms with van der Waals surface area (Å²) in [4.78, 5) is 18.8. The molecule has 0 atom stereocenters. The molecule has 1 amide bonds. The average Bonchev–Trinajstić information content (AvgIpc) is 3.62. The Labute approximate surface area is 212 Å². The highest BCUT2D eigenvalue weighted by molar-refractivity contribution is 6.09. The third-order valence-corrected chi connectivity index (χ3v) is 5.62. The first-order valence-corrected chi connectivity index (χ1v) is 11.3. The summed E-state index contributed by atoms with van der Waals surface area (Å²) in [5.74, 6) is 0.118. The lowest BCUT2D eigenvalue weighted by molar-refractivity contribution is -0.0494. The van der Waals surface area contributed by atoms with E-state index in [0.29, 0.717) is 36.1 Å². The van der Waals surface area contributed by atoms with Gasteiger partial charge in [0.2, 0.25) is 0 Å². The highest BCUT2D eigenvalue weighted by atomic mass is 19.3. The molecule has 1 aliphatic rings. The minimum atomic E-state index is -3.09. The second-order valence-corrected chi connectivity index (χ2v) is 8.18. The van der Waals surface area contributed by atoms with E-state index in [1.54, 1.807) is 31.6 Å². The van der Waals surface area contributed by atoms with Gasteiger partial charge in [-0.1, -0.05) is 0 Å². The predicted octanol–water partition coefficient (Wildman–Crippen LogP) is 1.82. The molecule has 5 aromatic rings. The highest BCUT2D eigenvalue weighted by Gasteiger charge is 2.25.